The Balaban J connectivity index is 2.07. The highest BCUT2D eigenvalue weighted by atomic mass is 16.6. The molecule has 2 aliphatic rings. The van der Waals surface area contributed by atoms with Gasteiger partial charge in [-0.1, -0.05) is 19.9 Å². The third-order valence-corrected chi connectivity index (χ3v) is 6.47. The molecule has 1 N–H and O–H groups in total. The van der Waals surface area contributed by atoms with Crippen LogP contribution in [0.4, 0.5) is 4.79 Å². The maximum Gasteiger partial charge on any atom is 0.437 e. The molecule has 1 fully saturated rings. The number of ether oxygens (including phenoxy) is 2. The summed E-state index contributed by atoms with van der Waals surface area (Å²) in [5.74, 6) is -0.310. The molecule has 0 radical (unpaired) electrons. The van der Waals surface area contributed by atoms with Gasteiger partial charge >= 0.3 is 12.1 Å². The minimum atomic E-state index is -0.745. The van der Waals surface area contributed by atoms with Crippen molar-refractivity contribution < 1.29 is 23.9 Å². The van der Waals surface area contributed by atoms with Crippen LogP contribution in [0.1, 0.15) is 94.2 Å². The van der Waals surface area contributed by atoms with E-state index in [1.165, 1.54) is 7.11 Å². The van der Waals surface area contributed by atoms with Crippen LogP contribution >= 0.6 is 0 Å². The second-order valence-corrected chi connectivity index (χ2v) is 9.78. The third-order valence-electron chi connectivity index (χ3n) is 6.47. The Morgan fingerprint density at radius 1 is 1.24 bits per heavy atom. The SMILES string of the molecule is CCC1(CC)CC(=O)N(C2CCCc3ccc(C(=O)OC)cc32)/C(=N/C(=O)OC(C)(C)C)N1. The number of hydrogen-bond donors (Lipinski definition) is 1. The van der Waals surface area contributed by atoms with E-state index in [9.17, 15) is 14.4 Å². The summed E-state index contributed by atoms with van der Waals surface area (Å²) in [5.41, 5.74) is 1.22. The Labute approximate surface area is 195 Å². The predicted molar refractivity (Wildman–Crippen MR) is 125 cm³/mol. The second kappa shape index (κ2) is 9.53. The zero-order chi connectivity index (χ0) is 24.4. The van der Waals surface area contributed by atoms with Crippen molar-refractivity contribution in [1.82, 2.24) is 10.2 Å². The summed E-state index contributed by atoms with van der Waals surface area (Å²) in [4.78, 5) is 44.1. The Kier molecular flexibility index (Phi) is 7.14. The van der Waals surface area contributed by atoms with Crippen molar-refractivity contribution in [3.8, 4) is 0 Å². The van der Waals surface area contributed by atoms with Crippen molar-refractivity contribution in [3.63, 3.8) is 0 Å². The van der Waals surface area contributed by atoms with E-state index >= 15 is 0 Å². The first-order valence-corrected chi connectivity index (χ1v) is 11.7. The first-order valence-electron chi connectivity index (χ1n) is 11.7. The monoisotopic (exact) mass is 457 g/mol. The summed E-state index contributed by atoms with van der Waals surface area (Å²) in [6.07, 6.45) is 3.42. The number of carbonyl (C=O) groups is 3. The molecule has 1 unspecified atom stereocenters. The molecule has 1 saturated heterocycles. The molecule has 8 heteroatoms. The molecule has 2 amide bonds. The van der Waals surface area contributed by atoms with E-state index in [4.69, 9.17) is 9.47 Å². The summed E-state index contributed by atoms with van der Waals surface area (Å²) in [5, 5.41) is 3.40. The van der Waals surface area contributed by atoms with E-state index < -0.39 is 23.2 Å². The largest absolute Gasteiger partial charge is 0.465 e. The Morgan fingerprint density at radius 2 is 1.94 bits per heavy atom. The number of hydrogen-bond acceptors (Lipinski definition) is 5. The van der Waals surface area contributed by atoms with Crippen molar-refractivity contribution in [2.75, 3.05) is 7.11 Å². The highest BCUT2D eigenvalue weighted by molar-refractivity contribution is 6.04. The van der Waals surface area contributed by atoms with Crippen molar-refractivity contribution in [3.05, 3.63) is 34.9 Å². The highest BCUT2D eigenvalue weighted by Gasteiger charge is 2.44. The fraction of sp³-hybridized carbons (Fsp3) is 0.600. The predicted octanol–water partition coefficient (Wildman–Crippen LogP) is 4.52. The molecule has 1 aliphatic carbocycles. The van der Waals surface area contributed by atoms with Crippen LogP contribution in [-0.2, 0) is 20.7 Å². The van der Waals surface area contributed by atoms with E-state index in [0.29, 0.717) is 31.2 Å². The number of guanidine groups is 1. The molecule has 1 aliphatic heterocycles. The fourth-order valence-electron chi connectivity index (χ4n) is 4.57. The number of amides is 2. The maximum absolute atomic E-state index is 13.6. The van der Waals surface area contributed by atoms with Gasteiger partial charge in [0.05, 0.1) is 25.1 Å². The molecule has 1 heterocycles. The van der Waals surface area contributed by atoms with E-state index in [0.717, 1.165) is 24.0 Å². The van der Waals surface area contributed by atoms with Gasteiger partial charge < -0.3 is 14.8 Å². The molecule has 8 nitrogen and oxygen atoms in total. The third kappa shape index (κ3) is 5.37. The molecule has 0 spiro atoms. The Bertz CT molecular complexity index is 959. The lowest BCUT2D eigenvalue weighted by Gasteiger charge is -2.46. The van der Waals surface area contributed by atoms with Gasteiger partial charge in [-0.15, -0.1) is 4.99 Å². The molecule has 0 saturated carbocycles. The number of nitrogens with one attached hydrogen (secondary N) is 1. The summed E-state index contributed by atoms with van der Waals surface area (Å²) in [6, 6.07) is 5.12. The summed E-state index contributed by atoms with van der Waals surface area (Å²) < 4.78 is 10.3. The number of aryl methyl sites for hydroxylation is 1. The number of benzene rings is 1. The summed E-state index contributed by atoms with van der Waals surface area (Å²) in [6.45, 7) is 9.36. The average Bonchev–Trinajstić information content (AvgIpc) is 2.76. The van der Waals surface area contributed by atoms with Crippen molar-refractivity contribution in [1.29, 1.82) is 0 Å². The average molecular weight is 458 g/mol. The zero-order valence-electron chi connectivity index (χ0n) is 20.5. The lowest BCUT2D eigenvalue weighted by atomic mass is 9.83. The number of methoxy groups -OCH3 is 1. The lowest BCUT2D eigenvalue weighted by Crippen LogP contribution is -2.63. The smallest absolute Gasteiger partial charge is 0.437 e. The Hall–Kier alpha value is -2.90. The number of esters is 1. The Morgan fingerprint density at radius 3 is 2.55 bits per heavy atom. The van der Waals surface area contributed by atoms with Crippen LogP contribution in [0, 0.1) is 0 Å². The first kappa shape index (κ1) is 24.7. The quantitative estimate of drug-likeness (QED) is 0.668. The minimum absolute atomic E-state index is 0.0962. The van der Waals surface area contributed by atoms with Gasteiger partial charge in [0.1, 0.15) is 5.60 Å². The standard InChI is InChI=1S/C25H35N3O5/c1-7-25(8-2)15-20(29)28(22(27-25)26-23(31)33-24(3,4)5)19-11-9-10-16-12-13-17(14-18(16)19)21(30)32-6/h12-14,19H,7-11,15H2,1-6H3,(H,26,27,31). The van der Waals surface area contributed by atoms with E-state index in [-0.39, 0.29) is 17.9 Å². The molecule has 1 atom stereocenters. The van der Waals surface area contributed by atoms with Gasteiger partial charge in [0.15, 0.2) is 0 Å². The molecule has 180 valence electrons. The molecule has 1 aromatic rings. The molecule has 0 bridgehead atoms. The number of carbonyl (C=O) groups excluding carboxylic acids is 3. The maximum atomic E-state index is 13.6. The number of fused-ring (bicyclic) bond motifs is 1. The van der Waals surface area contributed by atoms with Gasteiger partial charge in [-0.05, 0) is 76.1 Å². The van der Waals surface area contributed by atoms with Crippen LogP contribution in [0.5, 0.6) is 0 Å². The molecular weight excluding hydrogens is 422 g/mol. The number of aliphatic imine (C=N–C) groups is 1. The first-order chi connectivity index (χ1) is 15.5. The minimum Gasteiger partial charge on any atom is -0.465 e. The molecule has 0 aromatic heterocycles. The van der Waals surface area contributed by atoms with E-state index in [1.807, 2.05) is 19.9 Å². The van der Waals surface area contributed by atoms with Gasteiger partial charge in [0, 0.05) is 5.54 Å². The van der Waals surface area contributed by atoms with Gasteiger partial charge in [0.2, 0.25) is 11.9 Å². The fourth-order valence-corrected chi connectivity index (χ4v) is 4.57. The number of rotatable bonds is 4. The zero-order valence-corrected chi connectivity index (χ0v) is 20.5. The van der Waals surface area contributed by atoms with Crippen LogP contribution in [0.15, 0.2) is 23.2 Å². The van der Waals surface area contributed by atoms with Crippen LogP contribution in [-0.4, -0.2) is 47.1 Å². The molecular formula is C25H35N3O5. The van der Waals surface area contributed by atoms with Gasteiger partial charge in [-0.2, -0.15) is 0 Å². The molecule has 3 rings (SSSR count). The van der Waals surface area contributed by atoms with E-state index in [1.54, 1.807) is 37.8 Å². The van der Waals surface area contributed by atoms with Crippen molar-refractivity contribution in [2.24, 2.45) is 4.99 Å². The van der Waals surface area contributed by atoms with Crippen LogP contribution in [0.2, 0.25) is 0 Å². The lowest BCUT2D eigenvalue weighted by molar-refractivity contribution is -0.132. The highest BCUT2D eigenvalue weighted by Crippen LogP contribution is 2.38. The summed E-state index contributed by atoms with van der Waals surface area (Å²) >= 11 is 0. The van der Waals surface area contributed by atoms with Crippen LogP contribution in [0.3, 0.4) is 0 Å². The van der Waals surface area contributed by atoms with Crippen molar-refractivity contribution >= 4 is 23.9 Å². The van der Waals surface area contributed by atoms with Gasteiger partial charge in [0.25, 0.3) is 0 Å². The number of nitrogens with zero attached hydrogens (tertiary/aromatic N) is 2. The topological polar surface area (TPSA) is 97.3 Å². The normalized spacial score (nSPS) is 21.3. The molecule has 1 aromatic carbocycles. The van der Waals surface area contributed by atoms with Crippen LogP contribution < -0.4 is 5.32 Å². The van der Waals surface area contributed by atoms with E-state index in [2.05, 4.69) is 10.3 Å². The summed E-state index contributed by atoms with van der Waals surface area (Å²) in [7, 11) is 1.35. The second-order valence-electron chi connectivity index (χ2n) is 9.78. The van der Waals surface area contributed by atoms with Gasteiger partial charge in [-0.25, -0.2) is 9.59 Å². The van der Waals surface area contributed by atoms with Crippen LogP contribution in [0.25, 0.3) is 0 Å². The molecule has 33 heavy (non-hydrogen) atoms. The van der Waals surface area contributed by atoms with Crippen molar-refractivity contribution in [2.45, 2.75) is 90.3 Å². The van der Waals surface area contributed by atoms with Gasteiger partial charge in [-0.3, -0.25) is 9.69 Å².